The van der Waals surface area contributed by atoms with E-state index < -0.39 is 0 Å². The molecule has 138 valence electrons. The average molecular weight is 348 g/mol. The molecule has 0 bridgehead atoms. The average Bonchev–Trinajstić information content (AvgIpc) is 3.30. The maximum atomic E-state index is 13.3. The van der Waals surface area contributed by atoms with Gasteiger partial charge in [0.2, 0.25) is 5.91 Å². The monoisotopic (exact) mass is 348 g/mol. The smallest absolute Gasteiger partial charge is 0.236 e. The quantitative estimate of drug-likeness (QED) is 0.639. The summed E-state index contributed by atoms with van der Waals surface area (Å²) in [5.41, 5.74) is 7.52. The molecule has 0 spiro atoms. The number of hydrogen-bond acceptors (Lipinski definition) is 4. The van der Waals surface area contributed by atoms with Crippen LogP contribution in [0.15, 0.2) is 24.3 Å². The van der Waals surface area contributed by atoms with Crippen LogP contribution in [0.4, 0.5) is 4.39 Å². The summed E-state index contributed by atoms with van der Waals surface area (Å²) in [7, 11) is 1.87. The van der Waals surface area contributed by atoms with Crippen molar-refractivity contribution in [2.45, 2.75) is 44.2 Å². The summed E-state index contributed by atoms with van der Waals surface area (Å²) >= 11 is 0. The molecule has 3 rings (SSSR count). The molecule has 3 N–H and O–H groups in total. The number of benzene rings is 1. The van der Waals surface area contributed by atoms with Crippen LogP contribution >= 0.6 is 0 Å². The van der Waals surface area contributed by atoms with Gasteiger partial charge in [-0.15, -0.1) is 0 Å². The lowest BCUT2D eigenvalue weighted by molar-refractivity contribution is -0.129. The Hall–Kier alpha value is -1.50. The minimum atomic E-state index is -0.196. The maximum absolute atomic E-state index is 13.3. The van der Waals surface area contributed by atoms with Crippen molar-refractivity contribution in [2.24, 2.45) is 5.92 Å². The van der Waals surface area contributed by atoms with Gasteiger partial charge < -0.3 is 10.2 Å². The highest BCUT2D eigenvalue weighted by Crippen LogP contribution is 2.27. The molecule has 1 aliphatic heterocycles. The highest BCUT2D eigenvalue weighted by atomic mass is 19.1. The topological polar surface area (TPSA) is 56.4 Å². The zero-order chi connectivity index (χ0) is 17.6. The van der Waals surface area contributed by atoms with E-state index in [0.29, 0.717) is 12.6 Å². The van der Waals surface area contributed by atoms with E-state index in [1.54, 1.807) is 12.1 Å². The Kier molecular flexibility index (Phi) is 6.39. The lowest BCUT2D eigenvalue weighted by atomic mass is 9.99. The molecule has 5 nitrogen and oxygen atoms in total. The normalized spacial score (nSPS) is 23.0. The number of amides is 1. The molecule has 0 aromatic heterocycles. The van der Waals surface area contributed by atoms with Gasteiger partial charge >= 0.3 is 0 Å². The van der Waals surface area contributed by atoms with Crippen molar-refractivity contribution < 1.29 is 9.18 Å². The Morgan fingerprint density at radius 2 is 2.20 bits per heavy atom. The van der Waals surface area contributed by atoms with E-state index in [4.69, 9.17) is 0 Å². The molecule has 1 aromatic rings. The molecule has 2 atom stereocenters. The Labute approximate surface area is 149 Å². The molecule has 0 radical (unpaired) electrons. The Morgan fingerprint density at radius 1 is 1.36 bits per heavy atom. The summed E-state index contributed by atoms with van der Waals surface area (Å²) in [4.78, 5) is 13.9. The van der Waals surface area contributed by atoms with Crippen molar-refractivity contribution in [2.75, 3.05) is 26.7 Å². The minimum absolute atomic E-state index is 0.145. The number of hydrazine groups is 1. The van der Waals surface area contributed by atoms with Crippen LogP contribution in [0.5, 0.6) is 0 Å². The third-order valence-corrected chi connectivity index (χ3v) is 5.11. The number of nitrogens with zero attached hydrogens (tertiary/aromatic N) is 1. The van der Waals surface area contributed by atoms with Crippen molar-refractivity contribution in [1.82, 2.24) is 21.1 Å². The number of rotatable bonds is 9. The van der Waals surface area contributed by atoms with Crippen LogP contribution in [-0.2, 0) is 4.79 Å². The van der Waals surface area contributed by atoms with Crippen LogP contribution in [0.25, 0.3) is 0 Å². The molecule has 1 saturated heterocycles. The van der Waals surface area contributed by atoms with E-state index in [1.165, 1.54) is 18.9 Å². The summed E-state index contributed by atoms with van der Waals surface area (Å²) < 4.78 is 13.3. The van der Waals surface area contributed by atoms with Crippen molar-refractivity contribution in [3.8, 4) is 0 Å². The van der Waals surface area contributed by atoms with Crippen LogP contribution in [0.3, 0.4) is 0 Å². The van der Waals surface area contributed by atoms with Gasteiger partial charge in [-0.05, 0) is 62.3 Å². The fourth-order valence-corrected chi connectivity index (χ4v) is 3.29. The van der Waals surface area contributed by atoms with E-state index in [-0.39, 0.29) is 17.8 Å². The largest absolute Gasteiger partial charge is 0.345 e. The van der Waals surface area contributed by atoms with Gasteiger partial charge in [0.15, 0.2) is 0 Å². The highest BCUT2D eigenvalue weighted by molar-refractivity contribution is 5.77. The first-order valence-corrected chi connectivity index (χ1v) is 9.33. The van der Waals surface area contributed by atoms with Crippen molar-refractivity contribution >= 4 is 5.91 Å². The van der Waals surface area contributed by atoms with Crippen molar-refractivity contribution in [3.05, 3.63) is 35.6 Å². The van der Waals surface area contributed by atoms with Crippen LogP contribution in [0.2, 0.25) is 0 Å². The predicted octanol–water partition coefficient (Wildman–Crippen LogP) is 1.97. The van der Waals surface area contributed by atoms with E-state index in [2.05, 4.69) is 16.2 Å². The number of carbonyl (C=O) groups excluding carboxylic acids is 1. The molecular formula is C19H29FN4O. The van der Waals surface area contributed by atoms with Gasteiger partial charge in [0.05, 0.1) is 6.54 Å². The van der Waals surface area contributed by atoms with E-state index in [9.17, 15) is 9.18 Å². The number of hydrogen-bond donors (Lipinski definition) is 3. The molecule has 1 heterocycles. The predicted molar refractivity (Wildman–Crippen MR) is 96.3 cm³/mol. The van der Waals surface area contributed by atoms with Crippen LogP contribution < -0.4 is 16.2 Å². The minimum Gasteiger partial charge on any atom is -0.345 e. The molecule has 25 heavy (non-hydrogen) atoms. The standard InChI is InChI=1S/C19H29FN4O/c1-24(19(25)13-21-12-14-7-8-14)9-3-6-17-11-18(23-22-17)15-4-2-5-16(20)10-15/h2,4-5,10,14,17-18,21-23H,3,6-9,11-13H2,1H3. The number of likely N-dealkylation sites (N-methyl/N-ethyl adjacent to an activating group) is 1. The van der Waals surface area contributed by atoms with Gasteiger partial charge in [-0.1, -0.05) is 12.1 Å². The first-order valence-electron chi connectivity index (χ1n) is 9.33. The third-order valence-electron chi connectivity index (χ3n) is 5.11. The Bertz CT molecular complexity index is 578. The summed E-state index contributed by atoms with van der Waals surface area (Å²) in [6, 6.07) is 7.25. The van der Waals surface area contributed by atoms with Gasteiger partial charge in [0.25, 0.3) is 0 Å². The van der Waals surface area contributed by atoms with Gasteiger partial charge in [-0.25, -0.2) is 4.39 Å². The molecule has 1 saturated carbocycles. The van der Waals surface area contributed by atoms with E-state index in [1.807, 2.05) is 18.0 Å². The van der Waals surface area contributed by atoms with Crippen LogP contribution in [0, 0.1) is 11.7 Å². The lowest BCUT2D eigenvalue weighted by Crippen LogP contribution is -2.37. The molecular weight excluding hydrogens is 319 g/mol. The molecule has 1 aliphatic carbocycles. The second-order valence-electron chi connectivity index (χ2n) is 7.36. The van der Waals surface area contributed by atoms with Gasteiger partial charge in [0, 0.05) is 25.7 Å². The second kappa shape index (κ2) is 8.74. The van der Waals surface area contributed by atoms with E-state index in [0.717, 1.165) is 43.8 Å². The summed E-state index contributed by atoms with van der Waals surface area (Å²) in [6.07, 6.45) is 5.49. The van der Waals surface area contributed by atoms with Crippen LogP contribution in [0.1, 0.15) is 43.7 Å². The molecule has 2 aliphatic rings. The lowest BCUT2D eigenvalue weighted by Gasteiger charge is -2.18. The van der Waals surface area contributed by atoms with Crippen molar-refractivity contribution in [3.63, 3.8) is 0 Å². The second-order valence-corrected chi connectivity index (χ2v) is 7.36. The highest BCUT2D eigenvalue weighted by Gasteiger charge is 2.25. The summed E-state index contributed by atoms with van der Waals surface area (Å²) in [5.74, 6) is 0.763. The van der Waals surface area contributed by atoms with Gasteiger partial charge in [-0.2, -0.15) is 0 Å². The summed E-state index contributed by atoms with van der Waals surface area (Å²) in [5, 5.41) is 3.24. The number of carbonyl (C=O) groups is 1. The fraction of sp³-hybridized carbons (Fsp3) is 0.632. The van der Waals surface area contributed by atoms with Crippen LogP contribution in [-0.4, -0.2) is 43.5 Å². The summed E-state index contributed by atoms with van der Waals surface area (Å²) in [6.45, 7) is 2.18. The van der Waals surface area contributed by atoms with E-state index >= 15 is 0 Å². The van der Waals surface area contributed by atoms with Gasteiger partial charge in [-0.3, -0.25) is 15.6 Å². The SMILES string of the molecule is CN(CCCC1CC(c2cccc(F)c2)NN1)C(=O)CNCC1CC1. The molecule has 2 fully saturated rings. The first-order chi connectivity index (χ1) is 12.1. The van der Waals surface area contributed by atoms with Gasteiger partial charge in [0.1, 0.15) is 5.82 Å². The Balaban J connectivity index is 1.31. The zero-order valence-corrected chi connectivity index (χ0v) is 14.9. The molecule has 1 aromatic carbocycles. The molecule has 2 unspecified atom stereocenters. The molecule has 1 amide bonds. The number of nitrogens with one attached hydrogen (secondary N) is 3. The third kappa shape index (κ3) is 5.76. The van der Waals surface area contributed by atoms with Crippen molar-refractivity contribution in [1.29, 1.82) is 0 Å². The fourth-order valence-electron chi connectivity index (χ4n) is 3.29. The maximum Gasteiger partial charge on any atom is 0.236 e. The Morgan fingerprint density at radius 3 is 2.96 bits per heavy atom. The zero-order valence-electron chi connectivity index (χ0n) is 14.9. The number of halogens is 1. The molecule has 6 heteroatoms. The first kappa shape index (κ1) is 18.3.